The first-order chi connectivity index (χ1) is 14.7. The van der Waals surface area contributed by atoms with Crippen molar-refractivity contribution < 1.29 is 17.5 Å². The van der Waals surface area contributed by atoms with Crippen molar-refractivity contribution in [3.05, 3.63) is 65.2 Å². The molecule has 1 atom stereocenters. The molecule has 0 amide bonds. The van der Waals surface area contributed by atoms with Gasteiger partial charge in [0.2, 0.25) is 10.0 Å². The van der Waals surface area contributed by atoms with Gasteiger partial charge in [-0.3, -0.25) is 4.68 Å². The summed E-state index contributed by atoms with van der Waals surface area (Å²) in [6, 6.07) is 11.4. The first-order valence-corrected chi connectivity index (χ1v) is 11.3. The Bertz CT molecular complexity index is 1190. The van der Waals surface area contributed by atoms with Crippen molar-refractivity contribution in [3.63, 3.8) is 0 Å². The number of halogens is 1. The van der Waals surface area contributed by atoms with Gasteiger partial charge in [-0.05, 0) is 43.7 Å². The Morgan fingerprint density at radius 3 is 2.71 bits per heavy atom. The van der Waals surface area contributed by atoms with Crippen LogP contribution in [0.5, 0.6) is 0 Å². The number of aromatic nitrogens is 3. The van der Waals surface area contributed by atoms with E-state index < -0.39 is 21.9 Å². The largest absolute Gasteiger partial charge is 0.369 e. The molecule has 1 aliphatic heterocycles. The monoisotopic (exact) mass is 445 g/mol. The number of nitrogens with one attached hydrogen (secondary N) is 1. The standard InChI is InChI=1S/C21H24FN5O3S/c1-14-7-8-16(22)19(11-14)31(28,29)27-9-10-30-18(13-27)17-5-4-6-20(23-17)24-21-12-15(2)26(3)25-21/h4-8,11-12,18H,9-10,13H2,1-3H3,(H,23,24,25). The van der Waals surface area contributed by atoms with E-state index >= 15 is 0 Å². The van der Waals surface area contributed by atoms with Gasteiger partial charge in [0, 0.05) is 31.9 Å². The van der Waals surface area contributed by atoms with Crippen molar-refractivity contribution in [2.75, 3.05) is 25.0 Å². The summed E-state index contributed by atoms with van der Waals surface area (Å²) in [5, 5.41) is 7.50. The van der Waals surface area contributed by atoms with Crippen LogP contribution < -0.4 is 5.32 Å². The summed E-state index contributed by atoms with van der Waals surface area (Å²) in [4.78, 5) is 4.25. The highest BCUT2D eigenvalue weighted by atomic mass is 32.2. The SMILES string of the molecule is Cc1ccc(F)c(S(=O)(=O)N2CCOC(c3cccc(Nc4cc(C)n(C)n4)n3)C2)c1. The van der Waals surface area contributed by atoms with Crippen LogP contribution in [0, 0.1) is 19.7 Å². The Morgan fingerprint density at radius 1 is 1.16 bits per heavy atom. The van der Waals surface area contributed by atoms with Crippen LogP contribution >= 0.6 is 0 Å². The molecule has 1 aliphatic rings. The predicted octanol–water partition coefficient (Wildman–Crippen LogP) is 3.08. The summed E-state index contributed by atoms with van der Waals surface area (Å²) < 4.78 is 49.2. The molecule has 3 aromatic rings. The van der Waals surface area contributed by atoms with E-state index in [0.29, 0.717) is 22.9 Å². The number of morpholine rings is 1. The molecule has 10 heteroatoms. The highest BCUT2D eigenvalue weighted by molar-refractivity contribution is 7.89. The topological polar surface area (TPSA) is 89.4 Å². The van der Waals surface area contributed by atoms with Crippen molar-refractivity contribution in [3.8, 4) is 0 Å². The summed E-state index contributed by atoms with van der Waals surface area (Å²) in [7, 11) is -2.14. The molecule has 164 valence electrons. The van der Waals surface area contributed by atoms with E-state index in [0.717, 1.165) is 5.69 Å². The molecule has 1 aromatic carbocycles. The molecule has 31 heavy (non-hydrogen) atoms. The highest BCUT2D eigenvalue weighted by Gasteiger charge is 2.33. The number of anilines is 2. The molecule has 0 spiro atoms. The van der Waals surface area contributed by atoms with Crippen LogP contribution in [0.2, 0.25) is 0 Å². The van der Waals surface area contributed by atoms with Gasteiger partial charge in [-0.15, -0.1) is 0 Å². The minimum Gasteiger partial charge on any atom is -0.369 e. The van der Waals surface area contributed by atoms with Gasteiger partial charge in [0.1, 0.15) is 22.6 Å². The molecule has 1 fully saturated rings. The molecular formula is C21H24FN5O3S. The molecule has 3 heterocycles. The fraction of sp³-hybridized carbons (Fsp3) is 0.333. The fourth-order valence-corrected chi connectivity index (χ4v) is 5.00. The molecular weight excluding hydrogens is 421 g/mol. The number of hydrogen-bond acceptors (Lipinski definition) is 6. The zero-order valence-electron chi connectivity index (χ0n) is 17.5. The zero-order valence-corrected chi connectivity index (χ0v) is 18.4. The van der Waals surface area contributed by atoms with Crippen LogP contribution in [0.25, 0.3) is 0 Å². The van der Waals surface area contributed by atoms with Crippen molar-refractivity contribution in [1.29, 1.82) is 0 Å². The Hall–Kier alpha value is -2.82. The average molecular weight is 446 g/mol. The molecule has 0 radical (unpaired) electrons. The third kappa shape index (κ3) is 4.46. The molecule has 0 bridgehead atoms. The molecule has 1 unspecified atom stereocenters. The molecule has 0 saturated carbocycles. The first kappa shape index (κ1) is 21.4. The van der Waals surface area contributed by atoms with Crippen LogP contribution in [0.15, 0.2) is 47.4 Å². The van der Waals surface area contributed by atoms with Crippen molar-refractivity contribution in [2.24, 2.45) is 7.05 Å². The lowest BCUT2D eigenvalue weighted by Crippen LogP contribution is -2.42. The highest BCUT2D eigenvalue weighted by Crippen LogP contribution is 2.28. The van der Waals surface area contributed by atoms with Gasteiger partial charge in [0.05, 0.1) is 12.3 Å². The molecule has 1 N–H and O–H groups in total. The van der Waals surface area contributed by atoms with Gasteiger partial charge in [-0.2, -0.15) is 9.40 Å². The number of nitrogens with zero attached hydrogens (tertiary/aromatic N) is 4. The number of pyridine rings is 1. The van der Waals surface area contributed by atoms with Crippen molar-refractivity contribution in [1.82, 2.24) is 19.1 Å². The zero-order chi connectivity index (χ0) is 22.2. The minimum absolute atomic E-state index is 0.0505. The van der Waals surface area contributed by atoms with Gasteiger partial charge in [-0.25, -0.2) is 17.8 Å². The first-order valence-electron chi connectivity index (χ1n) is 9.86. The lowest BCUT2D eigenvalue weighted by atomic mass is 10.2. The average Bonchev–Trinajstić information content (AvgIpc) is 3.06. The Labute approximate surface area is 180 Å². The molecule has 0 aliphatic carbocycles. The van der Waals surface area contributed by atoms with Crippen LogP contribution in [0.3, 0.4) is 0 Å². The number of sulfonamides is 1. The number of aryl methyl sites for hydroxylation is 3. The fourth-order valence-electron chi connectivity index (χ4n) is 3.42. The van der Waals surface area contributed by atoms with Crippen LogP contribution in [0.1, 0.15) is 23.1 Å². The van der Waals surface area contributed by atoms with Gasteiger partial charge in [-0.1, -0.05) is 12.1 Å². The second-order valence-corrected chi connectivity index (χ2v) is 9.43. The second kappa shape index (κ2) is 8.37. The molecule has 8 nitrogen and oxygen atoms in total. The van der Waals surface area contributed by atoms with E-state index in [2.05, 4.69) is 15.4 Å². The summed E-state index contributed by atoms with van der Waals surface area (Å²) in [6.45, 7) is 4.07. The molecule has 4 rings (SSSR count). The van der Waals surface area contributed by atoms with Gasteiger partial charge >= 0.3 is 0 Å². The van der Waals surface area contributed by atoms with Gasteiger partial charge in [0.15, 0.2) is 5.82 Å². The third-order valence-corrected chi connectivity index (χ3v) is 7.08. The maximum Gasteiger partial charge on any atom is 0.246 e. The number of hydrogen-bond donors (Lipinski definition) is 1. The number of rotatable bonds is 5. The van der Waals surface area contributed by atoms with Gasteiger partial charge < -0.3 is 10.1 Å². The lowest BCUT2D eigenvalue weighted by molar-refractivity contribution is -0.00491. The van der Waals surface area contributed by atoms with E-state index in [9.17, 15) is 12.8 Å². The van der Waals surface area contributed by atoms with Crippen molar-refractivity contribution in [2.45, 2.75) is 24.8 Å². The Morgan fingerprint density at radius 2 is 1.97 bits per heavy atom. The normalized spacial score (nSPS) is 17.6. The van der Waals surface area contributed by atoms with Crippen molar-refractivity contribution >= 4 is 21.7 Å². The third-order valence-electron chi connectivity index (χ3n) is 5.20. The lowest BCUT2D eigenvalue weighted by Gasteiger charge is -2.32. The number of ether oxygens (including phenoxy) is 1. The summed E-state index contributed by atoms with van der Waals surface area (Å²) in [5.74, 6) is 0.473. The summed E-state index contributed by atoms with van der Waals surface area (Å²) >= 11 is 0. The van der Waals surface area contributed by atoms with E-state index in [1.54, 1.807) is 29.8 Å². The van der Waals surface area contributed by atoms with Crippen LogP contribution in [-0.4, -0.2) is 47.2 Å². The van der Waals surface area contributed by atoms with E-state index in [-0.39, 0.29) is 24.6 Å². The maximum absolute atomic E-state index is 14.3. The summed E-state index contributed by atoms with van der Waals surface area (Å²) in [5.41, 5.74) is 2.26. The molecule has 2 aromatic heterocycles. The summed E-state index contributed by atoms with van der Waals surface area (Å²) in [6.07, 6.45) is -0.566. The van der Waals surface area contributed by atoms with Gasteiger partial charge in [0.25, 0.3) is 0 Å². The Kier molecular flexibility index (Phi) is 5.78. The second-order valence-electron chi connectivity index (χ2n) is 7.52. The van der Waals surface area contributed by atoms with E-state index in [1.165, 1.54) is 16.4 Å². The quantitative estimate of drug-likeness (QED) is 0.649. The van der Waals surface area contributed by atoms with Crippen LogP contribution in [-0.2, 0) is 21.8 Å². The minimum atomic E-state index is -3.99. The Balaban J connectivity index is 1.55. The predicted molar refractivity (Wildman–Crippen MR) is 114 cm³/mol. The maximum atomic E-state index is 14.3. The number of benzene rings is 1. The van der Waals surface area contributed by atoms with E-state index in [1.807, 2.05) is 26.1 Å². The van der Waals surface area contributed by atoms with E-state index in [4.69, 9.17) is 4.74 Å². The van der Waals surface area contributed by atoms with Crippen LogP contribution in [0.4, 0.5) is 16.0 Å². The molecule has 1 saturated heterocycles. The smallest absolute Gasteiger partial charge is 0.246 e.